The predicted octanol–water partition coefficient (Wildman–Crippen LogP) is 2.93. The molecule has 2 rings (SSSR count). The van der Waals surface area contributed by atoms with E-state index >= 15 is 0 Å². The van der Waals surface area contributed by atoms with Gasteiger partial charge in [0.1, 0.15) is 10.8 Å². The van der Waals surface area contributed by atoms with E-state index < -0.39 is 0 Å². The lowest BCUT2D eigenvalue weighted by atomic mass is 10.2. The summed E-state index contributed by atoms with van der Waals surface area (Å²) in [5, 5.41) is 7.66. The van der Waals surface area contributed by atoms with Gasteiger partial charge in [0, 0.05) is 6.42 Å². The molecule has 72 valence electrons. The third kappa shape index (κ3) is 2.24. The van der Waals surface area contributed by atoms with E-state index in [0.717, 1.165) is 10.6 Å². The van der Waals surface area contributed by atoms with E-state index in [1.807, 2.05) is 0 Å². The van der Waals surface area contributed by atoms with Crippen LogP contribution in [0.25, 0.3) is 0 Å². The van der Waals surface area contributed by atoms with E-state index in [1.54, 1.807) is 12.1 Å². The smallest absolute Gasteiger partial charge is 0.176 e. The number of hydrogen-bond donors (Lipinski definition) is 1. The number of benzene rings is 1. The summed E-state index contributed by atoms with van der Waals surface area (Å²) >= 11 is 6.35. The number of halogens is 1. The summed E-state index contributed by atoms with van der Waals surface area (Å²) in [5.41, 5.74) is 1.03. The molecule has 0 aliphatic heterocycles. The molecule has 0 radical (unpaired) electrons. The minimum atomic E-state index is -0.219. The summed E-state index contributed by atoms with van der Waals surface area (Å²) in [4.78, 5) is 0. The van der Waals surface area contributed by atoms with Crippen LogP contribution in [0.15, 0.2) is 24.3 Å². The van der Waals surface area contributed by atoms with Crippen molar-refractivity contribution < 1.29 is 4.39 Å². The number of rotatable bonds is 2. The van der Waals surface area contributed by atoms with E-state index in [4.69, 9.17) is 12.2 Å². The second-order valence-electron chi connectivity index (χ2n) is 2.81. The van der Waals surface area contributed by atoms with Crippen molar-refractivity contribution in [3.05, 3.63) is 44.6 Å². The summed E-state index contributed by atoms with van der Waals surface area (Å²) in [5.74, 6) is -0.219. The minimum absolute atomic E-state index is 0.219. The quantitative estimate of drug-likeness (QED) is 0.798. The predicted molar refractivity (Wildman–Crippen MR) is 56.5 cm³/mol. The van der Waals surface area contributed by atoms with E-state index in [-0.39, 0.29) is 5.82 Å². The van der Waals surface area contributed by atoms with Gasteiger partial charge in [-0.05, 0) is 29.9 Å². The van der Waals surface area contributed by atoms with Crippen molar-refractivity contribution in [2.24, 2.45) is 0 Å². The Balaban J connectivity index is 2.19. The number of aromatic nitrogens is 2. The highest BCUT2D eigenvalue weighted by molar-refractivity contribution is 7.73. The number of hydrogen-bond acceptors (Lipinski definition) is 3. The molecule has 2 nitrogen and oxygen atoms in total. The number of aromatic amines is 1. The fourth-order valence-electron chi connectivity index (χ4n) is 1.11. The van der Waals surface area contributed by atoms with Gasteiger partial charge < -0.3 is 0 Å². The fourth-order valence-corrected chi connectivity index (χ4v) is 2.08. The van der Waals surface area contributed by atoms with E-state index in [0.29, 0.717) is 10.4 Å². The molecule has 1 N–H and O–H groups in total. The van der Waals surface area contributed by atoms with Crippen LogP contribution in [0, 0.1) is 9.77 Å². The van der Waals surface area contributed by atoms with Gasteiger partial charge in [-0.15, -0.1) is 0 Å². The van der Waals surface area contributed by atoms with Crippen LogP contribution < -0.4 is 0 Å². The summed E-state index contributed by atoms with van der Waals surface area (Å²) < 4.78 is 13.3. The lowest BCUT2D eigenvalue weighted by Gasteiger charge is -1.95. The maximum Gasteiger partial charge on any atom is 0.176 e. The second-order valence-corrected chi connectivity index (χ2v) is 4.56. The van der Waals surface area contributed by atoms with Crippen LogP contribution in [0.5, 0.6) is 0 Å². The number of nitrogens with zero attached hydrogens (tertiary/aromatic N) is 1. The third-order valence-electron chi connectivity index (χ3n) is 1.75. The molecular weight excluding hydrogens is 219 g/mol. The maximum absolute atomic E-state index is 12.6. The molecule has 0 fully saturated rings. The first-order valence-electron chi connectivity index (χ1n) is 4.03. The van der Waals surface area contributed by atoms with Crippen molar-refractivity contribution in [2.75, 3.05) is 0 Å². The summed E-state index contributed by atoms with van der Waals surface area (Å²) in [6, 6.07) is 6.39. The molecule has 1 aromatic carbocycles. The maximum atomic E-state index is 12.6. The Labute approximate surface area is 89.4 Å². The Morgan fingerprint density at radius 1 is 1.36 bits per heavy atom. The van der Waals surface area contributed by atoms with Gasteiger partial charge in [0.05, 0.1) is 0 Å². The molecule has 5 heteroatoms. The molecule has 0 unspecified atom stereocenters. The van der Waals surface area contributed by atoms with Crippen LogP contribution in [-0.2, 0) is 6.42 Å². The Bertz CT molecular complexity index is 472. The zero-order valence-electron chi connectivity index (χ0n) is 7.16. The molecule has 0 aliphatic carbocycles. The van der Waals surface area contributed by atoms with Gasteiger partial charge in [-0.1, -0.05) is 23.5 Å². The SMILES string of the molecule is Fc1ccc(Cc2n[nH]c(=S)s2)cc1. The van der Waals surface area contributed by atoms with Gasteiger partial charge in [0.2, 0.25) is 0 Å². The van der Waals surface area contributed by atoms with Crippen LogP contribution in [0.2, 0.25) is 0 Å². The number of H-pyrrole nitrogens is 1. The molecule has 0 aliphatic rings. The van der Waals surface area contributed by atoms with Crippen LogP contribution in [0.3, 0.4) is 0 Å². The van der Waals surface area contributed by atoms with Crippen molar-refractivity contribution in [3.8, 4) is 0 Å². The molecule has 1 heterocycles. The fraction of sp³-hybridized carbons (Fsp3) is 0.111. The molecular formula is C9H7FN2S2. The second kappa shape index (κ2) is 3.98. The highest BCUT2D eigenvalue weighted by Crippen LogP contribution is 2.12. The molecule has 14 heavy (non-hydrogen) atoms. The Kier molecular flexibility index (Phi) is 2.69. The topological polar surface area (TPSA) is 28.7 Å². The Morgan fingerprint density at radius 3 is 2.64 bits per heavy atom. The van der Waals surface area contributed by atoms with Crippen molar-refractivity contribution >= 4 is 23.6 Å². The summed E-state index contributed by atoms with van der Waals surface area (Å²) in [6.45, 7) is 0. The first kappa shape index (κ1) is 9.48. The van der Waals surface area contributed by atoms with Gasteiger partial charge >= 0.3 is 0 Å². The molecule has 0 bridgehead atoms. The Morgan fingerprint density at radius 2 is 2.07 bits per heavy atom. The van der Waals surface area contributed by atoms with Gasteiger partial charge in [0.15, 0.2) is 3.95 Å². The van der Waals surface area contributed by atoms with Gasteiger partial charge in [-0.2, -0.15) is 5.10 Å². The lowest BCUT2D eigenvalue weighted by molar-refractivity contribution is 0.627. The number of nitrogens with one attached hydrogen (secondary N) is 1. The highest BCUT2D eigenvalue weighted by Gasteiger charge is 2.00. The van der Waals surface area contributed by atoms with E-state index in [2.05, 4.69) is 10.2 Å². The van der Waals surface area contributed by atoms with Crippen molar-refractivity contribution in [1.29, 1.82) is 0 Å². The molecule has 0 spiro atoms. The molecule has 1 aromatic heterocycles. The zero-order chi connectivity index (χ0) is 9.97. The normalized spacial score (nSPS) is 10.4. The minimum Gasteiger partial charge on any atom is -0.258 e. The molecule has 2 aromatic rings. The van der Waals surface area contributed by atoms with Crippen molar-refractivity contribution in [1.82, 2.24) is 10.2 Å². The summed E-state index contributed by atoms with van der Waals surface area (Å²) in [7, 11) is 0. The van der Waals surface area contributed by atoms with Crippen LogP contribution in [0.1, 0.15) is 10.6 Å². The molecule has 0 amide bonds. The largest absolute Gasteiger partial charge is 0.258 e. The van der Waals surface area contributed by atoms with Crippen molar-refractivity contribution in [2.45, 2.75) is 6.42 Å². The van der Waals surface area contributed by atoms with E-state index in [1.165, 1.54) is 23.5 Å². The van der Waals surface area contributed by atoms with E-state index in [9.17, 15) is 4.39 Å². The average Bonchev–Trinajstić information content (AvgIpc) is 2.56. The molecule has 0 atom stereocenters. The van der Waals surface area contributed by atoms with Gasteiger partial charge in [-0.3, -0.25) is 5.10 Å². The lowest BCUT2D eigenvalue weighted by Crippen LogP contribution is -1.87. The zero-order valence-corrected chi connectivity index (χ0v) is 8.79. The van der Waals surface area contributed by atoms with Gasteiger partial charge in [-0.25, -0.2) is 4.39 Å². The highest BCUT2D eigenvalue weighted by atomic mass is 32.1. The van der Waals surface area contributed by atoms with Gasteiger partial charge in [0.25, 0.3) is 0 Å². The average molecular weight is 226 g/mol. The monoisotopic (exact) mass is 226 g/mol. The Hall–Kier alpha value is -1.07. The summed E-state index contributed by atoms with van der Waals surface area (Å²) in [6.07, 6.45) is 0.693. The standard InChI is InChI=1S/C9H7FN2S2/c10-7-3-1-6(2-4-7)5-8-11-12-9(13)14-8/h1-4H,5H2,(H,12,13). The van der Waals surface area contributed by atoms with Crippen LogP contribution in [-0.4, -0.2) is 10.2 Å². The third-order valence-corrected chi connectivity index (χ3v) is 2.84. The first-order valence-corrected chi connectivity index (χ1v) is 5.25. The van der Waals surface area contributed by atoms with Crippen LogP contribution in [0.4, 0.5) is 4.39 Å². The molecule has 0 saturated heterocycles. The first-order chi connectivity index (χ1) is 6.74. The van der Waals surface area contributed by atoms with Crippen LogP contribution >= 0.6 is 23.6 Å². The van der Waals surface area contributed by atoms with Crippen molar-refractivity contribution in [3.63, 3.8) is 0 Å². The molecule has 0 saturated carbocycles.